The van der Waals surface area contributed by atoms with E-state index in [0.29, 0.717) is 25.7 Å². The van der Waals surface area contributed by atoms with E-state index in [1.807, 2.05) is 20.8 Å². The van der Waals surface area contributed by atoms with Crippen LogP contribution in [0.15, 0.2) is 11.6 Å². The van der Waals surface area contributed by atoms with Gasteiger partial charge < -0.3 is 13.3 Å². The highest BCUT2D eigenvalue weighted by molar-refractivity contribution is 6.60. The molecule has 4 heteroatoms. The number of rotatable bonds is 9. The smallest absolute Gasteiger partial charge is 0.374 e. The van der Waals surface area contributed by atoms with E-state index >= 15 is 0 Å². The van der Waals surface area contributed by atoms with Gasteiger partial charge in [-0.1, -0.05) is 18.6 Å². The van der Waals surface area contributed by atoms with Crippen LogP contribution in [0.1, 0.15) is 53.9 Å². The molecule has 20 heavy (non-hydrogen) atoms. The van der Waals surface area contributed by atoms with E-state index in [-0.39, 0.29) is 0 Å². The van der Waals surface area contributed by atoms with Gasteiger partial charge in [0, 0.05) is 25.9 Å². The zero-order valence-corrected chi connectivity index (χ0v) is 14.9. The van der Waals surface area contributed by atoms with Gasteiger partial charge >= 0.3 is 8.80 Å². The second-order valence-corrected chi connectivity index (χ2v) is 8.39. The molecule has 0 aromatic carbocycles. The van der Waals surface area contributed by atoms with E-state index in [2.05, 4.69) is 19.9 Å². The van der Waals surface area contributed by atoms with Gasteiger partial charge in [-0.2, -0.15) is 0 Å². The van der Waals surface area contributed by atoms with Crippen molar-refractivity contribution in [3.8, 4) is 0 Å². The standard InChI is InChI=1S/C16H32O3Si/c1-6-17-20(18-7-2,19-8-3)13-15(5)16-11-9-14(4)10-12-16/h9,15-16H,6-8,10-13H2,1-5H3/t15-,16-/m1/s1. The Kier molecular flexibility index (Phi) is 8.03. The Morgan fingerprint density at radius 1 is 1.15 bits per heavy atom. The number of hydrogen-bond acceptors (Lipinski definition) is 3. The highest BCUT2D eigenvalue weighted by Gasteiger charge is 2.43. The van der Waals surface area contributed by atoms with Gasteiger partial charge in [0.2, 0.25) is 0 Å². The van der Waals surface area contributed by atoms with Crippen LogP contribution in [-0.2, 0) is 13.3 Å². The summed E-state index contributed by atoms with van der Waals surface area (Å²) < 4.78 is 17.9. The lowest BCUT2D eigenvalue weighted by atomic mass is 9.83. The van der Waals surface area contributed by atoms with Crippen LogP contribution in [0.3, 0.4) is 0 Å². The number of hydrogen-bond donors (Lipinski definition) is 0. The molecule has 0 fully saturated rings. The topological polar surface area (TPSA) is 27.7 Å². The van der Waals surface area contributed by atoms with E-state index < -0.39 is 8.80 Å². The molecule has 0 saturated carbocycles. The summed E-state index contributed by atoms with van der Waals surface area (Å²) >= 11 is 0. The summed E-state index contributed by atoms with van der Waals surface area (Å²) in [5.41, 5.74) is 1.54. The molecule has 0 heterocycles. The normalized spacial score (nSPS) is 21.6. The van der Waals surface area contributed by atoms with E-state index in [0.717, 1.165) is 12.0 Å². The van der Waals surface area contributed by atoms with Crippen molar-refractivity contribution in [2.24, 2.45) is 11.8 Å². The average Bonchev–Trinajstić information content (AvgIpc) is 2.40. The second kappa shape index (κ2) is 8.98. The maximum absolute atomic E-state index is 5.97. The van der Waals surface area contributed by atoms with E-state index in [9.17, 15) is 0 Å². The zero-order chi connectivity index (χ0) is 15.0. The summed E-state index contributed by atoms with van der Waals surface area (Å²) in [6.45, 7) is 12.7. The van der Waals surface area contributed by atoms with Crippen LogP contribution in [0.2, 0.25) is 6.04 Å². The van der Waals surface area contributed by atoms with Gasteiger partial charge in [-0.15, -0.1) is 0 Å². The Morgan fingerprint density at radius 3 is 2.10 bits per heavy atom. The first-order valence-corrected chi connectivity index (χ1v) is 10.1. The van der Waals surface area contributed by atoms with Crippen molar-refractivity contribution < 1.29 is 13.3 Å². The van der Waals surface area contributed by atoms with Gasteiger partial charge in [0.25, 0.3) is 0 Å². The predicted octanol–water partition coefficient (Wildman–Crippen LogP) is 4.42. The van der Waals surface area contributed by atoms with Gasteiger partial charge in [-0.05, 0) is 58.8 Å². The van der Waals surface area contributed by atoms with Gasteiger partial charge in [-0.25, -0.2) is 0 Å². The van der Waals surface area contributed by atoms with Crippen LogP contribution in [0.25, 0.3) is 0 Å². The third kappa shape index (κ3) is 5.32. The maximum atomic E-state index is 5.97. The molecule has 0 spiro atoms. The van der Waals surface area contributed by atoms with Crippen LogP contribution >= 0.6 is 0 Å². The summed E-state index contributed by atoms with van der Waals surface area (Å²) in [6.07, 6.45) is 6.12. The van der Waals surface area contributed by atoms with Gasteiger partial charge in [0.15, 0.2) is 0 Å². The molecule has 3 nitrogen and oxygen atoms in total. The lowest BCUT2D eigenvalue weighted by molar-refractivity contribution is 0.0645. The van der Waals surface area contributed by atoms with Crippen LogP contribution < -0.4 is 0 Å². The van der Waals surface area contributed by atoms with Crippen molar-refractivity contribution in [1.82, 2.24) is 0 Å². The Morgan fingerprint density at radius 2 is 1.70 bits per heavy atom. The first-order chi connectivity index (χ1) is 9.56. The SMILES string of the molecule is CCO[Si](C[C@@H](C)[C@@H]1CC=C(C)CC1)(OCC)OCC. The average molecular weight is 301 g/mol. The molecule has 0 bridgehead atoms. The molecule has 1 rings (SSSR count). The summed E-state index contributed by atoms with van der Waals surface area (Å²) in [7, 11) is -2.48. The highest BCUT2D eigenvalue weighted by atomic mass is 28.4. The van der Waals surface area contributed by atoms with E-state index in [1.54, 1.807) is 0 Å². The minimum absolute atomic E-state index is 0.593. The number of allylic oxidation sites excluding steroid dienone is 2. The molecule has 0 amide bonds. The molecular weight excluding hydrogens is 268 g/mol. The molecule has 0 aromatic heterocycles. The zero-order valence-electron chi connectivity index (χ0n) is 13.9. The van der Waals surface area contributed by atoms with Crippen molar-refractivity contribution in [2.45, 2.75) is 59.9 Å². The monoisotopic (exact) mass is 300 g/mol. The molecule has 0 N–H and O–H groups in total. The van der Waals surface area contributed by atoms with Gasteiger partial charge in [0.1, 0.15) is 0 Å². The summed E-state index contributed by atoms with van der Waals surface area (Å²) in [5, 5.41) is 0. The van der Waals surface area contributed by atoms with Crippen LogP contribution in [0.5, 0.6) is 0 Å². The van der Waals surface area contributed by atoms with Crippen LogP contribution in [-0.4, -0.2) is 28.6 Å². The molecule has 1 aliphatic rings. The van der Waals surface area contributed by atoms with Crippen LogP contribution in [0.4, 0.5) is 0 Å². The Hall–Kier alpha value is -0.163. The van der Waals surface area contributed by atoms with Crippen molar-refractivity contribution >= 4 is 8.80 Å². The van der Waals surface area contributed by atoms with E-state index in [1.165, 1.54) is 24.8 Å². The lowest BCUT2D eigenvalue weighted by Crippen LogP contribution is -2.48. The van der Waals surface area contributed by atoms with Gasteiger partial charge in [0.05, 0.1) is 0 Å². The third-order valence-electron chi connectivity index (χ3n) is 4.15. The Bertz CT molecular complexity index is 287. The highest BCUT2D eigenvalue weighted by Crippen LogP contribution is 2.34. The van der Waals surface area contributed by atoms with Crippen LogP contribution in [0, 0.1) is 11.8 Å². The molecule has 2 atom stereocenters. The summed E-state index contributed by atoms with van der Waals surface area (Å²) in [4.78, 5) is 0. The molecule has 0 unspecified atom stereocenters. The Labute approximate surface area is 126 Å². The molecule has 0 saturated heterocycles. The Balaban J connectivity index is 2.67. The van der Waals surface area contributed by atoms with Crippen molar-refractivity contribution in [3.05, 3.63) is 11.6 Å². The summed E-state index contributed by atoms with van der Waals surface area (Å²) in [5.74, 6) is 1.34. The molecule has 0 aliphatic heterocycles. The fourth-order valence-corrected chi connectivity index (χ4v) is 6.07. The second-order valence-electron chi connectivity index (χ2n) is 5.75. The first kappa shape index (κ1) is 17.9. The van der Waals surface area contributed by atoms with E-state index in [4.69, 9.17) is 13.3 Å². The molecule has 0 aromatic rings. The molecule has 118 valence electrons. The minimum Gasteiger partial charge on any atom is -0.374 e. The lowest BCUT2D eigenvalue weighted by Gasteiger charge is -2.34. The van der Waals surface area contributed by atoms with Gasteiger partial charge in [-0.3, -0.25) is 0 Å². The largest absolute Gasteiger partial charge is 0.501 e. The van der Waals surface area contributed by atoms with Crippen molar-refractivity contribution in [3.63, 3.8) is 0 Å². The molecule has 0 radical (unpaired) electrons. The third-order valence-corrected chi connectivity index (χ3v) is 7.48. The molecule has 1 aliphatic carbocycles. The first-order valence-electron chi connectivity index (χ1n) is 8.14. The maximum Gasteiger partial charge on any atom is 0.501 e. The summed E-state index contributed by atoms with van der Waals surface area (Å²) in [6, 6.07) is 0.945. The quantitative estimate of drug-likeness (QED) is 0.466. The predicted molar refractivity (Wildman–Crippen MR) is 85.7 cm³/mol. The molecular formula is C16H32O3Si. The minimum atomic E-state index is -2.48. The van der Waals surface area contributed by atoms with Crippen molar-refractivity contribution in [2.75, 3.05) is 19.8 Å². The van der Waals surface area contributed by atoms with Crippen molar-refractivity contribution in [1.29, 1.82) is 0 Å². The fraction of sp³-hybridized carbons (Fsp3) is 0.875. The fourth-order valence-electron chi connectivity index (χ4n) is 3.02.